The molecule has 0 radical (unpaired) electrons. The highest BCUT2D eigenvalue weighted by Crippen LogP contribution is 2.14. The normalized spacial score (nSPS) is 13.0. The molecule has 0 aromatic heterocycles. The standard InChI is InChI=1S/C17H24O5.C14H20O3.C10H12O3.C2H2.H2/c1-12(21-16(19)13(2)22-17(3,4)5)15(18)20-11-14-9-7-6-8-10-14;1-11(17-14(2,3)4)13(15)16-10-12-8-6-5-7-9-12;1-8(11)10(12)13-7-9-5-3-2-4-6-9;1-2;/h6-10,12-13H,11H2,1-5H3;5-9,11H,10H2,1-4H3;2-6,8,11H,7H2,1H3;1-2H;1H/t12-,13-;11-;8-;;/m000../s1/i;;;1D;. The Labute approximate surface area is 324 Å². The zero-order chi connectivity index (χ0) is 42.0. The number of carbonyl (C=O) groups excluding carboxylic acids is 4. The van der Waals surface area contributed by atoms with Crippen LogP contribution in [0.2, 0.25) is 0 Å². The number of esters is 4. The maximum atomic E-state index is 11.9. The van der Waals surface area contributed by atoms with Crippen LogP contribution in [0.4, 0.5) is 0 Å². The molecule has 3 aromatic rings. The third-order valence-corrected chi connectivity index (χ3v) is 6.36. The summed E-state index contributed by atoms with van der Waals surface area (Å²) in [4.78, 5) is 46.2. The lowest BCUT2D eigenvalue weighted by molar-refractivity contribution is -0.178. The van der Waals surface area contributed by atoms with Gasteiger partial charge in [-0.05, 0) is 85.9 Å². The summed E-state index contributed by atoms with van der Waals surface area (Å²) in [7, 11) is 0. The molecule has 0 bridgehead atoms. The Bertz CT molecular complexity index is 1560. The molecular formula is C43H60O11. The Kier molecular flexibility index (Phi) is 22.5. The molecule has 3 aromatic carbocycles. The number of carbonyl (C=O) groups is 4. The fourth-order valence-electron chi connectivity index (χ4n) is 4.02. The second kappa shape index (κ2) is 25.9. The molecule has 0 spiro atoms. The summed E-state index contributed by atoms with van der Waals surface area (Å²) < 4.78 is 36.9. The SMILES string of the molecule is C[C@H](O)C(=O)OCc1ccccc1.C[C@H](OC(=O)[C@H](C)OC(C)(C)C)C(=O)OCc1ccccc1.C[C@H](OC(C)(C)C)C(=O)OCc1ccccc1.[2H]C#C.[HH]. The van der Waals surface area contributed by atoms with Crippen LogP contribution in [0.5, 0.6) is 0 Å². The lowest BCUT2D eigenvalue weighted by Gasteiger charge is -2.24. The van der Waals surface area contributed by atoms with E-state index in [2.05, 4.69) is 6.42 Å². The van der Waals surface area contributed by atoms with Crippen molar-refractivity contribution in [2.45, 2.75) is 125 Å². The van der Waals surface area contributed by atoms with Gasteiger partial charge < -0.3 is 33.5 Å². The molecule has 11 heteroatoms. The first-order chi connectivity index (χ1) is 25.7. The van der Waals surface area contributed by atoms with Gasteiger partial charge in [0, 0.05) is 1.43 Å². The quantitative estimate of drug-likeness (QED) is 0.106. The van der Waals surface area contributed by atoms with Gasteiger partial charge in [0.1, 0.15) is 27.3 Å². The van der Waals surface area contributed by atoms with Crippen LogP contribution in [0.3, 0.4) is 0 Å². The second-order valence-electron chi connectivity index (χ2n) is 13.8. The van der Waals surface area contributed by atoms with Gasteiger partial charge in [0.15, 0.2) is 18.3 Å². The third kappa shape index (κ3) is 24.3. The van der Waals surface area contributed by atoms with Gasteiger partial charge in [0.2, 0.25) is 0 Å². The highest BCUT2D eigenvalue weighted by Gasteiger charge is 2.27. The highest BCUT2D eigenvalue weighted by molar-refractivity contribution is 5.81. The van der Waals surface area contributed by atoms with Crippen molar-refractivity contribution < 1.29 is 55.5 Å². The van der Waals surface area contributed by atoms with E-state index >= 15 is 0 Å². The minimum atomic E-state index is -1.05. The molecular weight excluding hydrogens is 692 g/mol. The summed E-state index contributed by atoms with van der Waals surface area (Å²) >= 11 is 0. The zero-order valence-corrected chi connectivity index (χ0v) is 33.2. The summed E-state index contributed by atoms with van der Waals surface area (Å²) in [5.74, 6) is -2.09. The van der Waals surface area contributed by atoms with E-state index in [0.717, 1.165) is 16.7 Å². The van der Waals surface area contributed by atoms with Crippen LogP contribution in [0, 0.1) is 12.8 Å². The molecule has 0 heterocycles. The number of ether oxygens (including phenoxy) is 6. The van der Waals surface area contributed by atoms with Crippen molar-refractivity contribution in [3.05, 3.63) is 108 Å². The Balaban J connectivity index is 0. The summed E-state index contributed by atoms with van der Waals surface area (Å²) in [6.45, 7) is 18.1. The predicted molar refractivity (Wildman–Crippen MR) is 209 cm³/mol. The first kappa shape index (κ1) is 47.0. The van der Waals surface area contributed by atoms with Gasteiger partial charge in [-0.25, -0.2) is 19.2 Å². The van der Waals surface area contributed by atoms with E-state index in [1.165, 1.54) is 20.2 Å². The molecule has 0 unspecified atom stereocenters. The van der Waals surface area contributed by atoms with Crippen molar-refractivity contribution in [2.24, 2.45) is 0 Å². The zero-order valence-electron chi connectivity index (χ0n) is 34.2. The van der Waals surface area contributed by atoms with Crippen LogP contribution in [0.25, 0.3) is 0 Å². The summed E-state index contributed by atoms with van der Waals surface area (Å²) in [6.07, 6.45) is 2.45. The monoisotopic (exact) mass is 753 g/mol. The molecule has 3 rings (SSSR count). The minimum absolute atomic E-state index is 0. The number of rotatable bonds is 13. The molecule has 0 amide bonds. The van der Waals surface area contributed by atoms with Crippen LogP contribution < -0.4 is 0 Å². The van der Waals surface area contributed by atoms with Crippen molar-refractivity contribution in [3.63, 3.8) is 0 Å². The van der Waals surface area contributed by atoms with Crippen molar-refractivity contribution in [2.75, 3.05) is 0 Å². The van der Waals surface area contributed by atoms with E-state index in [1.54, 1.807) is 13.8 Å². The molecule has 0 aliphatic carbocycles. The fraction of sp³-hybridized carbons (Fsp3) is 0.442. The van der Waals surface area contributed by atoms with Crippen LogP contribution in [0.15, 0.2) is 91.0 Å². The van der Waals surface area contributed by atoms with E-state index in [4.69, 9.17) is 34.9 Å². The first-order valence-electron chi connectivity index (χ1n) is 17.9. The molecule has 0 aliphatic rings. The number of hydrogen-bond acceptors (Lipinski definition) is 11. The molecule has 0 saturated carbocycles. The van der Waals surface area contributed by atoms with Crippen LogP contribution in [-0.4, -0.2) is 64.6 Å². The number of aliphatic hydroxyl groups excluding tert-OH is 1. The number of aliphatic hydroxyl groups is 1. The fourth-order valence-corrected chi connectivity index (χ4v) is 4.02. The maximum absolute atomic E-state index is 11.9. The first-order valence-corrected chi connectivity index (χ1v) is 17.4. The Morgan fingerprint density at radius 3 is 1.15 bits per heavy atom. The van der Waals surface area contributed by atoms with Gasteiger partial charge >= 0.3 is 23.9 Å². The van der Waals surface area contributed by atoms with Crippen LogP contribution in [0.1, 0.15) is 88.7 Å². The summed E-state index contributed by atoms with van der Waals surface area (Å²) in [6, 6.07) is 28.2. The van der Waals surface area contributed by atoms with Gasteiger partial charge in [-0.2, -0.15) is 0 Å². The van der Waals surface area contributed by atoms with Gasteiger partial charge in [0.05, 0.1) is 11.2 Å². The van der Waals surface area contributed by atoms with E-state index in [1.807, 2.05) is 133 Å². The molecule has 0 saturated heterocycles. The lowest BCUT2D eigenvalue weighted by Crippen LogP contribution is -2.36. The molecule has 4 atom stereocenters. The van der Waals surface area contributed by atoms with Crippen molar-refractivity contribution in [1.29, 1.82) is 0 Å². The molecule has 1 N–H and O–H groups in total. The van der Waals surface area contributed by atoms with Gasteiger partial charge in [0.25, 0.3) is 0 Å². The topological polar surface area (TPSA) is 144 Å². The highest BCUT2D eigenvalue weighted by atomic mass is 16.6. The van der Waals surface area contributed by atoms with Crippen LogP contribution in [-0.2, 0) is 67.4 Å². The number of benzene rings is 3. The average Bonchev–Trinajstić information content (AvgIpc) is 3.12. The summed E-state index contributed by atoms with van der Waals surface area (Å²) in [5.41, 5.74) is 1.96. The number of terminal acetylenes is 1. The van der Waals surface area contributed by atoms with E-state index in [9.17, 15) is 19.2 Å². The molecule has 0 aliphatic heterocycles. The Morgan fingerprint density at radius 2 is 0.852 bits per heavy atom. The minimum Gasteiger partial charge on any atom is -0.459 e. The molecule has 54 heavy (non-hydrogen) atoms. The Morgan fingerprint density at radius 1 is 0.574 bits per heavy atom. The van der Waals surface area contributed by atoms with Gasteiger partial charge in [-0.15, -0.1) is 12.8 Å². The van der Waals surface area contributed by atoms with Gasteiger partial charge in [-0.1, -0.05) is 91.0 Å². The molecule has 298 valence electrons. The largest absolute Gasteiger partial charge is 0.459 e. The second-order valence-corrected chi connectivity index (χ2v) is 13.8. The van der Waals surface area contributed by atoms with Crippen molar-refractivity contribution >= 4 is 23.9 Å². The summed E-state index contributed by atoms with van der Waals surface area (Å²) in [5, 5.41) is 8.82. The molecule has 11 nitrogen and oxygen atoms in total. The number of hydrogen-bond donors (Lipinski definition) is 1. The van der Waals surface area contributed by atoms with E-state index < -0.39 is 47.9 Å². The predicted octanol–water partition coefficient (Wildman–Crippen LogP) is 7.40. The van der Waals surface area contributed by atoms with E-state index in [-0.39, 0.29) is 32.8 Å². The third-order valence-electron chi connectivity index (χ3n) is 6.36. The smallest absolute Gasteiger partial charge is 0.347 e. The average molecular weight is 754 g/mol. The molecule has 0 fully saturated rings. The van der Waals surface area contributed by atoms with Crippen LogP contribution >= 0.6 is 0 Å². The van der Waals surface area contributed by atoms with E-state index in [0.29, 0.717) is 0 Å². The maximum Gasteiger partial charge on any atom is 0.347 e. The Hall–Kier alpha value is -5.02. The van der Waals surface area contributed by atoms with Gasteiger partial charge in [-0.3, -0.25) is 0 Å². The van der Waals surface area contributed by atoms with Crippen molar-refractivity contribution in [1.82, 2.24) is 0 Å². The van der Waals surface area contributed by atoms with Crippen molar-refractivity contribution in [3.8, 4) is 12.8 Å². The lowest BCUT2D eigenvalue weighted by atomic mass is 10.2.